The Morgan fingerprint density at radius 2 is 1.09 bits per heavy atom. The third-order valence-electron chi connectivity index (χ3n) is 10.3. The Bertz CT molecular complexity index is 2100. The van der Waals surface area contributed by atoms with E-state index in [1.807, 2.05) is 55.4 Å². The second-order valence-corrected chi connectivity index (χ2v) is 19.6. The molecular formula is C61H101N5O. The van der Waals surface area contributed by atoms with Gasteiger partial charge in [-0.2, -0.15) is 0 Å². The van der Waals surface area contributed by atoms with Crippen molar-refractivity contribution in [2.75, 3.05) is 34.4 Å². The van der Waals surface area contributed by atoms with E-state index >= 15 is 0 Å². The number of aliphatic imine (C=N–C) groups is 1. The molecule has 4 N–H and O–H groups in total. The van der Waals surface area contributed by atoms with E-state index in [1.165, 1.54) is 56.2 Å². The van der Waals surface area contributed by atoms with Crippen molar-refractivity contribution in [2.24, 2.45) is 4.99 Å². The summed E-state index contributed by atoms with van der Waals surface area (Å²) >= 11 is 0. The molecule has 0 unspecified atom stereocenters. The highest BCUT2D eigenvalue weighted by molar-refractivity contribution is 6.06. The Labute approximate surface area is 414 Å². The minimum Gasteiger partial charge on any atom is -0.493 e. The van der Waals surface area contributed by atoms with Gasteiger partial charge < -0.3 is 26.0 Å². The van der Waals surface area contributed by atoms with Gasteiger partial charge >= 0.3 is 0 Å². The molecule has 0 saturated carbocycles. The predicted octanol–water partition coefficient (Wildman–Crippen LogP) is 18.5. The molecule has 0 spiro atoms. The summed E-state index contributed by atoms with van der Waals surface area (Å²) in [5.74, 6) is 1.93. The smallest absolute Gasteiger partial charge is 0.122 e. The van der Waals surface area contributed by atoms with Crippen molar-refractivity contribution in [3.63, 3.8) is 0 Å². The van der Waals surface area contributed by atoms with Crippen LogP contribution in [-0.2, 0) is 29.1 Å². The molecule has 0 amide bonds. The molecule has 0 atom stereocenters. The molecule has 4 heterocycles. The number of ether oxygens (including phenoxy) is 1. The zero-order valence-corrected chi connectivity index (χ0v) is 45.0. The Balaban J connectivity index is 0. The van der Waals surface area contributed by atoms with Crippen LogP contribution in [0, 0.1) is 0 Å². The van der Waals surface area contributed by atoms with Gasteiger partial charge in [-0.25, -0.2) is 0 Å². The van der Waals surface area contributed by atoms with Gasteiger partial charge in [-0.1, -0.05) is 200 Å². The predicted molar refractivity (Wildman–Crippen MR) is 307 cm³/mol. The lowest BCUT2D eigenvalue weighted by Gasteiger charge is -2.28. The molecule has 4 aromatic rings. The minimum atomic E-state index is 0. The van der Waals surface area contributed by atoms with Crippen LogP contribution in [0.25, 0.3) is 0 Å². The number of hydrogen-bond acceptors (Lipinski definition) is 6. The van der Waals surface area contributed by atoms with Gasteiger partial charge in [0.15, 0.2) is 0 Å². The largest absolute Gasteiger partial charge is 0.493 e. The van der Waals surface area contributed by atoms with E-state index < -0.39 is 0 Å². The fourth-order valence-corrected chi connectivity index (χ4v) is 7.48. The summed E-state index contributed by atoms with van der Waals surface area (Å²) in [4.78, 5) is 4.79. The third kappa shape index (κ3) is 20.0. The van der Waals surface area contributed by atoms with Crippen LogP contribution in [0.1, 0.15) is 200 Å². The van der Waals surface area contributed by atoms with Gasteiger partial charge in [-0.3, -0.25) is 4.99 Å². The number of anilines is 4. The summed E-state index contributed by atoms with van der Waals surface area (Å²) in [6.07, 6.45) is 4.27. The molecule has 0 saturated heterocycles. The Morgan fingerprint density at radius 1 is 0.537 bits per heavy atom. The second kappa shape index (κ2) is 29.7. The summed E-state index contributed by atoms with van der Waals surface area (Å²) in [7, 11) is 0. The molecule has 4 aliphatic rings. The van der Waals surface area contributed by atoms with E-state index in [-0.39, 0.29) is 36.6 Å². The first-order valence-corrected chi connectivity index (χ1v) is 24.7. The number of allylic oxidation sites excluding steroid dienone is 1. The van der Waals surface area contributed by atoms with Gasteiger partial charge in [0.1, 0.15) is 11.6 Å². The van der Waals surface area contributed by atoms with E-state index in [9.17, 15) is 0 Å². The average Bonchev–Trinajstić information content (AvgIpc) is 3.91. The average molecular weight is 921 g/mol. The van der Waals surface area contributed by atoms with Crippen molar-refractivity contribution in [1.82, 2.24) is 0 Å². The lowest BCUT2D eigenvalue weighted by atomic mass is 9.81. The van der Waals surface area contributed by atoms with Gasteiger partial charge in [-0.15, -0.1) is 0 Å². The maximum atomic E-state index is 5.47. The van der Waals surface area contributed by atoms with Crippen LogP contribution in [0.5, 0.6) is 5.75 Å². The van der Waals surface area contributed by atoms with Crippen molar-refractivity contribution in [1.29, 1.82) is 0 Å². The zero-order chi connectivity index (χ0) is 49.8. The first-order valence-electron chi connectivity index (χ1n) is 24.7. The van der Waals surface area contributed by atoms with Gasteiger partial charge in [-0.05, 0) is 102 Å². The Kier molecular flexibility index (Phi) is 28.4. The summed E-state index contributed by atoms with van der Waals surface area (Å²) in [6, 6.07) is 27.8. The summed E-state index contributed by atoms with van der Waals surface area (Å²) in [6.45, 7) is 52.3. The van der Waals surface area contributed by atoms with E-state index in [1.54, 1.807) is 0 Å². The van der Waals surface area contributed by atoms with Crippen LogP contribution < -0.4 is 26.0 Å². The zero-order valence-electron chi connectivity index (χ0n) is 45.0. The number of nitrogens with one attached hydrogen (secondary N) is 4. The van der Waals surface area contributed by atoms with Gasteiger partial charge in [0.2, 0.25) is 0 Å². The Morgan fingerprint density at radius 3 is 1.66 bits per heavy atom. The normalized spacial score (nSPS) is 14.1. The molecule has 0 aliphatic carbocycles. The summed E-state index contributed by atoms with van der Waals surface area (Å²) in [5, 5.41) is 13.2. The quantitative estimate of drug-likeness (QED) is 0.141. The van der Waals surface area contributed by atoms with E-state index in [0.717, 1.165) is 61.8 Å². The topological polar surface area (TPSA) is 69.7 Å². The first kappa shape index (κ1) is 64.1. The molecular weight excluding hydrogens is 819 g/mol. The van der Waals surface area contributed by atoms with Crippen LogP contribution in [0.15, 0.2) is 109 Å². The number of benzene rings is 4. The number of nitrogens with zero attached hydrogens (tertiary/aromatic N) is 1. The standard InChI is InChI=1S/C14H19N.C13H18N2.C12H16N2.C12H16O.4C2H6.2CH4/c1-10-8-9-11-12(14(2,3)4)6-5-7-13(11)15-10;1-13(2,3)15-12-8-9-14-11-7-5-4-6-10(11)12;1-8-13-10-7-5-6-9(11(10)14-8)12(2,3)4;1-12(2,3)10-4-5-11-9(8-10)6-7-13-11;4*1-2;;/h5-7,15H,1,8-9H2,2-4H3;4-7,14H,8-9H2,1-3H3;5-7,13-14H,1H2,2-4H3;4-5,8H,6-7H2,1-3H3;4*1-2H3;2*1H4. The molecule has 6 nitrogen and oxygen atoms in total. The highest BCUT2D eigenvalue weighted by Gasteiger charge is 2.25. The highest BCUT2D eigenvalue weighted by Crippen LogP contribution is 2.39. The molecule has 0 aromatic heterocycles. The lowest BCUT2D eigenvalue weighted by Crippen LogP contribution is -2.22. The molecule has 8 rings (SSSR count). The molecule has 0 bridgehead atoms. The van der Waals surface area contributed by atoms with Crippen LogP contribution in [0.2, 0.25) is 0 Å². The van der Waals surface area contributed by atoms with Crippen molar-refractivity contribution in [3.8, 4) is 5.75 Å². The maximum absolute atomic E-state index is 5.47. The van der Waals surface area contributed by atoms with Crippen LogP contribution in [-0.4, -0.2) is 24.4 Å². The van der Waals surface area contributed by atoms with Crippen LogP contribution in [0.3, 0.4) is 0 Å². The molecule has 67 heavy (non-hydrogen) atoms. The van der Waals surface area contributed by atoms with Crippen molar-refractivity contribution < 1.29 is 4.74 Å². The number of fused-ring (bicyclic) bond motifs is 4. The number of rotatable bonds is 0. The van der Waals surface area contributed by atoms with Crippen LogP contribution >= 0.6 is 0 Å². The molecule has 0 radical (unpaired) electrons. The fourth-order valence-electron chi connectivity index (χ4n) is 7.48. The van der Waals surface area contributed by atoms with Crippen molar-refractivity contribution in [2.45, 2.75) is 201 Å². The lowest BCUT2D eigenvalue weighted by molar-refractivity contribution is 0.356. The summed E-state index contributed by atoms with van der Waals surface area (Å²) in [5.41, 5.74) is 16.1. The van der Waals surface area contributed by atoms with Gasteiger partial charge in [0.05, 0.1) is 23.5 Å². The number of hydrogen-bond donors (Lipinski definition) is 4. The van der Waals surface area contributed by atoms with Crippen LogP contribution in [0.4, 0.5) is 22.7 Å². The molecule has 6 heteroatoms. The molecule has 0 fully saturated rings. The van der Waals surface area contributed by atoms with Crippen molar-refractivity contribution >= 4 is 28.5 Å². The second-order valence-electron chi connectivity index (χ2n) is 19.6. The monoisotopic (exact) mass is 920 g/mol. The molecule has 376 valence electrons. The number of para-hydroxylation sites is 2. The Hall–Kier alpha value is -4.97. The van der Waals surface area contributed by atoms with E-state index in [0.29, 0.717) is 0 Å². The van der Waals surface area contributed by atoms with Gasteiger partial charge in [0, 0.05) is 47.7 Å². The van der Waals surface area contributed by atoms with Crippen molar-refractivity contribution in [3.05, 3.63) is 137 Å². The third-order valence-corrected chi connectivity index (χ3v) is 10.3. The van der Waals surface area contributed by atoms with Gasteiger partial charge in [0.25, 0.3) is 0 Å². The SMILES string of the molecule is C.C.C=C1CCc2c(cccc2C(C)(C)C)N1.C=C1Nc2cccc(C(C)(C)C)c2N1.CC.CC.CC.CC.CC(C)(C)N=C1CCNc2ccccc21.CC(C)(C)c1ccc2c(c1)CCO2. The minimum absolute atomic E-state index is 0. The highest BCUT2D eigenvalue weighted by atomic mass is 16.5. The summed E-state index contributed by atoms with van der Waals surface area (Å²) < 4.78 is 5.47. The van der Waals surface area contributed by atoms with E-state index in [2.05, 4.69) is 196 Å². The maximum Gasteiger partial charge on any atom is 0.122 e. The fraction of sp³-hybridized carbons (Fsp3) is 0.525. The molecule has 4 aromatic carbocycles. The first-order chi connectivity index (χ1) is 30.6. The molecule has 4 aliphatic heterocycles. The van der Waals surface area contributed by atoms with E-state index in [4.69, 9.17) is 9.73 Å².